The second-order valence-corrected chi connectivity index (χ2v) is 6.73. The van der Waals surface area contributed by atoms with Crippen LogP contribution >= 0.6 is 0 Å². The van der Waals surface area contributed by atoms with E-state index in [1.54, 1.807) is 7.11 Å². The molecule has 2 aliphatic rings. The van der Waals surface area contributed by atoms with E-state index >= 15 is 0 Å². The van der Waals surface area contributed by atoms with Crippen molar-refractivity contribution in [2.24, 2.45) is 0 Å². The quantitative estimate of drug-likeness (QED) is 0.864. The molecule has 1 amide bonds. The minimum Gasteiger partial charge on any atom is -0.497 e. The number of ether oxygens (including phenoxy) is 1. The lowest BCUT2D eigenvalue weighted by Gasteiger charge is -2.50. The number of anilines is 1. The monoisotopic (exact) mass is 322 g/mol. The molecule has 4 heteroatoms. The molecule has 0 radical (unpaired) electrons. The van der Waals surface area contributed by atoms with Crippen LogP contribution in [0.4, 0.5) is 5.69 Å². The zero-order valence-electron chi connectivity index (χ0n) is 14.2. The van der Waals surface area contributed by atoms with E-state index in [9.17, 15) is 4.79 Å². The molecule has 1 saturated heterocycles. The van der Waals surface area contributed by atoms with Crippen LogP contribution in [0.3, 0.4) is 0 Å². The first-order valence-electron chi connectivity index (χ1n) is 8.45. The van der Waals surface area contributed by atoms with Gasteiger partial charge in [-0.05, 0) is 49.6 Å². The third-order valence-electron chi connectivity index (χ3n) is 5.37. The molecule has 24 heavy (non-hydrogen) atoms. The maximum absolute atomic E-state index is 13.2. The van der Waals surface area contributed by atoms with E-state index in [2.05, 4.69) is 17.9 Å². The van der Waals surface area contributed by atoms with Crippen molar-refractivity contribution in [3.8, 4) is 5.75 Å². The molecule has 2 aliphatic heterocycles. The van der Waals surface area contributed by atoms with Gasteiger partial charge in [-0.25, -0.2) is 0 Å². The van der Waals surface area contributed by atoms with Crippen molar-refractivity contribution < 1.29 is 9.53 Å². The lowest BCUT2D eigenvalue weighted by molar-refractivity contribution is 0.0470. The van der Waals surface area contributed by atoms with Crippen molar-refractivity contribution in [1.82, 2.24) is 4.90 Å². The fraction of sp³-hybridized carbons (Fsp3) is 0.350. The molecule has 1 atom stereocenters. The molecule has 4 nitrogen and oxygen atoms in total. The molecule has 0 saturated carbocycles. The highest BCUT2D eigenvalue weighted by Crippen LogP contribution is 2.43. The van der Waals surface area contributed by atoms with Gasteiger partial charge in [-0.1, -0.05) is 24.3 Å². The largest absolute Gasteiger partial charge is 0.497 e. The molecule has 1 fully saturated rings. The fourth-order valence-corrected chi connectivity index (χ4v) is 4.02. The van der Waals surface area contributed by atoms with Crippen molar-refractivity contribution in [3.05, 3.63) is 59.7 Å². The Morgan fingerprint density at radius 3 is 2.62 bits per heavy atom. The van der Waals surface area contributed by atoms with Gasteiger partial charge in [0.15, 0.2) is 0 Å². The number of hydrogen-bond donors (Lipinski definition) is 0. The number of amides is 1. The summed E-state index contributed by atoms with van der Waals surface area (Å²) in [7, 11) is 1.66. The summed E-state index contributed by atoms with van der Waals surface area (Å²) in [5.41, 5.74) is 2.77. The highest BCUT2D eigenvalue weighted by Gasteiger charge is 2.48. The van der Waals surface area contributed by atoms with Gasteiger partial charge in [-0.15, -0.1) is 0 Å². The molecule has 4 rings (SSSR count). The summed E-state index contributed by atoms with van der Waals surface area (Å²) in [5, 5.41) is 0. The lowest BCUT2D eigenvalue weighted by Crippen LogP contribution is -2.60. The van der Waals surface area contributed by atoms with Gasteiger partial charge in [0.05, 0.1) is 18.4 Å². The summed E-state index contributed by atoms with van der Waals surface area (Å²) in [5.74, 6) is 0.963. The number of fused-ring (bicyclic) bond motifs is 3. The highest BCUT2D eigenvalue weighted by molar-refractivity contribution is 6.02. The van der Waals surface area contributed by atoms with Gasteiger partial charge >= 0.3 is 0 Å². The maximum Gasteiger partial charge on any atom is 0.258 e. The van der Waals surface area contributed by atoms with Crippen LogP contribution in [0.5, 0.6) is 5.75 Å². The Morgan fingerprint density at radius 2 is 1.88 bits per heavy atom. The molecule has 1 unspecified atom stereocenters. The Labute approximate surface area is 142 Å². The van der Waals surface area contributed by atoms with Crippen molar-refractivity contribution in [2.75, 3.05) is 18.6 Å². The Hall–Kier alpha value is -2.49. The first-order valence-corrected chi connectivity index (χ1v) is 8.45. The van der Waals surface area contributed by atoms with E-state index < -0.39 is 0 Å². The van der Waals surface area contributed by atoms with Gasteiger partial charge in [0.1, 0.15) is 11.4 Å². The number of nitrogens with zero attached hydrogens (tertiary/aromatic N) is 2. The Balaban J connectivity index is 1.72. The van der Waals surface area contributed by atoms with Gasteiger partial charge in [-0.2, -0.15) is 0 Å². The van der Waals surface area contributed by atoms with Gasteiger partial charge in [0.25, 0.3) is 5.91 Å². The second-order valence-electron chi connectivity index (χ2n) is 6.73. The van der Waals surface area contributed by atoms with Crippen LogP contribution in [0.15, 0.2) is 48.5 Å². The van der Waals surface area contributed by atoms with Crippen LogP contribution in [0, 0.1) is 0 Å². The number of para-hydroxylation sites is 1. The maximum atomic E-state index is 13.2. The molecule has 0 N–H and O–H groups in total. The fourth-order valence-electron chi connectivity index (χ4n) is 4.02. The molecular formula is C20H22N2O2. The number of rotatable bonds is 3. The smallest absolute Gasteiger partial charge is 0.258 e. The zero-order valence-corrected chi connectivity index (χ0v) is 14.2. The van der Waals surface area contributed by atoms with E-state index in [0.717, 1.165) is 42.0 Å². The van der Waals surface area contributed by atoms with Crippen LogP contribution in [0.2, 0.25) is 0 Å². The lowest BCUT2D eigenvalue weighted by atomic mass is 9.97. The summed E-state index contributed by atoms with van der Waals surface area (Å²) < 4.78 is 5.23. The van der Waals surface area contributed by atoms with Crippen molar-refractivity contribution in [2.45, 2.75) is 32.0 Å². The van der Waals surface area contributed by atoms with E-state index in [4.69, 9.17) is 4.74 Å². The Morgan fingerprint density at radius 1 is 1.12 bits per heavy atom. The minimum absolute atomic E-state index is 0.127. The average molecular weight is 322 g/mol. The normalized spacial score (nSPS) is 22.3. The number of benzene rings is 2. The van der Waals surface area contributed by atoms with Crippen LogP contribution in [0.1, 0.15) is 35.7 Å². The van der Waals surface area contributed by atoms with E-state index in [1.165, 1.54) is 0 Å². The predicted octanol–water partition coefficient (Wildman–Crippen LogP) is 3.67. The molecule has 0 spiro atoms. The van der Waals surface area contributed by atoms with Crippen LogP contribution < -0.4 is 9.64 Å². The third kappa shape index (κ3) is 2.17. The molecule has 2 aromatic carbocycles. The topological polar surface area (TPSA) is 32.8 Å². The molecule has 2 heterocycles. The molecule has 0 bridgehead atoms. The van der Waals surface area contributed by atoms with Gasteiger partial charge in [-0.3, -0.25) is 4.79 Å². The number of hydrogen-bond acceptors (Lipinski definition) is 3. The SMILES string of the molecule is COc1ccc(CN2C(=O)c3ccccc3N3CCCC23C)cc1. The van der Waals surface area contributed by atoms with Gasteiger partial charge < -0.3 is 14.5 Å². The van der Waals surface area contributed by atoms with E-state index in [0.29, 0.717) is 6.54 Å². The van der Waals surface area contributed by atoms with Crippen LogP contribution in [-0.2, 0) is 6.54 Å². The first-order chi connectivity index (χ1) is 11.6. The summed E-state index contributed by atoms with van der Waals surface area (Å²) in [6, 6.07) is 16.0. The van der Waals surface area contributed by atoms with E-state index in [1.807, 2.05) is 47.4 Å². The summed E-state index contributed by atoms with van der Waals surface area (Å²) in [4.78, 5) is 17.6. The van der Waals surface area contributed by atoms with Crippen molar-refractivity contribution in [3.63, 3.8) is 0 Å². The molecule has 124 valence electrons. The standard InChI is InChI=1S/C20H22N2O2/c1-20-12-5-13-21(20)18-7-4-3-6-17(18)19(23)22(20)14-15-8-10-16(24-2)11-9-15/h3-4,6-11H,5,12-14H2,1-2H3. The highest BCUT2D eigenvalue weighted by atomic mass is 16.5. The second kappa shape index (κ2) is 5.55. The van der Waals surface area contributed by atoms with Crippen LogP contribution in [0.25, 0.3) is 0 Å². The van der Waals surface area contributed by atoms with Gasteiger partial charge in [0.2, 0.25) is 0 Å². The Bertz CT molecular complexity index is 771. The minimum atomic E-state index is -0.245. The summed E-state index contributed by atoms with van der Waals surface area (Å²) >= 11 is 0. The third-order valence-corrected chi connectivity index (χ3v) is 5.37. The molecular weight excluding hydrogens is 300 g/mol. The van der Waals surface area contributed by atoms with Crippen molar-refractivity contribution >= 4 is 11.6 Å². The first kappa shape index (κ1) is 15.1. The average Bonchev–Trinajstić information content (AvgIpc) is 3.02. The number of methoxy groups -OCH3 is 1. The zero-order chi connectivity index (χ0) is 16.7. The van der Waals surface area contributed by atoms with E-state index in [-0.39, 0.29) is 11.6 Å². The summed E-state index contributed by atoms with van der Waals surface area (Å²) in [6.07, 6.45) is 2.11. The van der Waals surface area contributed by atoms with Gasteiger partial charge in [0, 0.05) is 13.1 Å². The molecule has 0 aliphatic carbocycles. The molecule has 0 aromatic heterocycles. The number of carbonyl (C=O) groups is 1. The van der Waals surface area contributed by atoms with Crippen molar-refractivity contribution in [1.29, 1.82) is 0 Å². The Kier molecular flexibility index (Phi) is 3.48. The molecule has 2 aromatic rings. The predicted molar refractivity (Wildman–Crippen MR) is 94.3 cm³/mol. The summed E-state index contributed by atoms with van der Waals surface area (Å²) in [6.45, 7) is 3.81. The van der Waals surface area contributed by atoms with Crippen LogP contribution in [-0.4, -0.2) is 30.1 Å². The number of carbonyl (C=O) groups excluding carboxylic acids is 1.